The molecule has 0 saturated carbocycles. The molecule has 0 radical (unpaired) electrons. The van der Waals surface area contributed by atoms with Gasteiger partial charge < -0.3 is 19.3 Å². The van der Waals surface area contributed by atoms with E-state index in [1.54, 1.807) is 29.2 Å². The highest BCUT2D eigenvalue weighted by Gasteiger charge is 2.45. The van der Waals surface area contributed by atoms with E-state index in [1.807, 2.05) is 4.90 Å². The Balaban J connectivity index is 1.04. The minimum atomic E-state index is -4.89. The van der Waals surface area contributed by atoms with E-state index in [0.717, 1.165) is 28.0 Å². The molecule has 0 unspecified atom stereocenters. The fourth-order valence-electron chi connectivity index (χ4n) is 6.22. The van der Waals surface area contributed by atoms with Crippen LogP contribution in [0.4, 0.5) is 32.3 Å². The summed E-state index contributed by atoms with van der Waals surface area (Å²) in [5, 5.41) is 7.14. The number of carbonyl (C=O) groups excluding carboxylic acids is 1. The maximum Gasteiger partial charge on any atom is 0.435 e. The number of ether oxygens (including phenoxy) is 2. The second-order valence-corrected chi connectivity index (χ2v) is 11.4. The molecule has 2 fully saturated rings. The van der Waals surface area contributed by atoms with E-state index in [4.69, 9.17) is 9.47 Å². The SMILES string of the molecule is COc1ccc(Cn2ncc3c(c(C(F)(F)F)nn3CCOCCC(=O)N3CC[C@H]4[C@@H]3CCN4c3ncc(C(F)(F)F)cn3)c2=O)cc1. The Morgan fingerprint density at radius 1 is 0.917 bits per heavy atom. The minimum Gasteiger partial charge on any atom is -0.497 e. The quantitative estimate of drug-likeness (QED) is 0.182. The summed E-state index contributed by atoms with van der Waals surface area (Å²) >= 11 is 0. The molecule has 0 aliphatic carbocycles. The molecule has 2 aliphatic rings. The Kier molecular flexibility index (Phi) is 9.02. The summed E-state index contributed by atoms with van der Waals surface area (Å²) in [6, 6.07) is 6.40. The smallest absolute Gasteiger partial charge is 0.435 e. The monoisotopic (exact) mass is 680 g/mol. The molecule has 1 aromatic carbocycles. The number of hydrogen-bond donors (Lipinski definition) is 0. The first-order chi connectivity index (χ1) is 22.8. The Morgan fingerprint density at radius 3 is 2.29 bits per heavy atom. The van der Waals surface area contributed by atoms with Crippen molar-refractivity contribution >= 4 is 22.8 Å². The Hall–Kier alpha value is -4.74. The first-order valence-electron chi connectivity index (χ1n) is 15.0. The third-order valence-electron chi connectivity index (χ3n) is 8.55. The van der Waals surface area contributed by atoms with Gasteiger partial charge in [0, 0.05) is 25.5 Å². The fourth-order valence-corrected chi connectivity index (χ4v) is 6.22. The first kappa shape index (κ1) is 33.2. The highest BCUT2D eigenvalue weighted by atomic mass is 19.4. The van der Waals surface area contributed by atoms with Crippen molar-refractivity contribution in [1.29, 1.82) is 0 Å². The number of methoxy groups -OCH3 is 1. The van der Waals surface area contributed by atoms with E-state index in [2.05, 4.69) is 20.2 Å². The largest absolute Gasteiger partial charge is 0.497 e. The van der Waals surface area contributed by atoms with E-state index in [0.29, 0.717) is 37.2 Å². The number of anilines is 1. The van der Waals surface area contributed by atoms with Gasteiger partial charge in [0.25, 0.3) is 5.56 Å². The molecular weight excluding hydrogens is 650 g/mol. The summed E-state index contributed by atoms with van der Waals surface area (Å²) in [5.74, 6) is 0.587. The van der Waals surface area contributed by atoms with Crippen molar-refractivity contribution in [2.24, 2.45) is 0 Å². The minimum absolute atomic E-state index is 0.00328. The van der Waals surface area contributed by atoms with Gasteiger partial charge in [-0.25, -0.2) is 14.6 Å². The van der Waals surface area contributed by atoms with Crippen LogP contribution in [0.2, 0.25) is 0 Å². The summed E-state index contributed by atoms with van der Waals surface area (Å²) in [6.07, 6.45) is -5.55. The van der Waals surface area contributed by atoms with Crippen molar-refractivity contribution in [3.8, 4) is 5.75 Å². The van der Waals surface area contributed by atoms with Gasteiger partial charge in [-0.3, -0.25) is 14.3 Å². The van der Waals surface area contributed by atoms with Crippen molar-refractivity contribution in [1.82, 2.24) is 34.4 Å². The normalized spacial score (nSPS) is 18.1. The molecule has 2 aliphatic heterocycles. The molecular formula is C30H30F6N8O4. The van der Waals surface area contributed by atoms with Crippen LogP contribution < -0.4 is 15.2 Å². The van der Waals surface area contributed by atoms with Gasteiger partial charge >= 0.3 is 12.4 Å². The Bertz CT molecular complexity index is 1830. The zero-order chi connectivity index (χ0) is 34.2. The summed E-state index contributed by atoms with van der Waals surface area (Å²) in [6.45, 7) is 0.671. The number of nitrogens with zero attached hydrogens (tertiary/aromatic N) is 8. The summed E-state index contributed by atoms with van der Waals surface area (Å²) in [5.41, 5.74) is -2.65. The van der Waals surface area contributed by atoms with Gasteiger partial charge in [0.15, 0.2) is 5.69 Å². The molecule has 3 aromatic heterocycles. The number of alkyl halides is 6. The highest BCUT2D eigenvalue weighted by molar-refractivity contribution is 5.80. The number of carbonyl (C=O) groups is 1. The summed E-state index contributed by atoms with van der Waals surface area (Å²) < 4.78 is 93.1. The third kappa shape index (κ3) is 6.65. The lowest BCUT2D eigenvalue weighted by Crippen LogP contribution is -2.40. The molecule has 2 atom stereocenters. The lowest BCUT2D eigenvalue weighted by Gasteiger charge is -2.25. The second-order valence-electron chi connectivity index (χ2n) is 11.4. The van der Waals surface area contributed by atoms with Gasteiger partial charge in [-0.15, -0.1) is 0 Å². The van der Waals surface area contributed by atoms with Gasteiger partial charge in [0.2, 0.25) is 11.9 Å². The average Bonchev–Trinajstić information content (AvgIpc) is 3.76. The summed E-state index contributed by atoms with van der Waals surface area (Å²) in [7, 11) is 1.50. The molecule has 2 saturated heterocycles. The van der Waals surface area contributed by atoms with Gasteiger partial charge in [0.1, 0.15) is 11.1 Å². The van der Waals surface area contributed by atoms with E-state index in [-0.39, 0.29) is 62.2 Å². The van der Waals surface area contributed by atoms with Crippen molar-refractivity contribution in [2.45, 2.75) is 56.8 Å². The number of fused-ring (bicyclic) bond motifs is 2. The van der Waals surface area contributed by atoms with Crippen molar-refractivity contribution in [3.63, 3.8) is 0 Å². The zero-order valence-electron chi connectivity index (χ0n) is 25.5. The van der Waals surface area contributed by atoms with Crippen LogP contribution in [-0.2, 0) is 35.0 Å². The first-order valence-corrected chi connectivity index (χ1v) is 15.0. The number of halogens is 6. The van der Waals surface area contributed by atoms with Crippen LogP contribution in [-0.4, -0.2) is 85.8 Å². The van der Waals surface area contributed by atoms with Crippen LogP contribution >= 0.6 is 0 Å². The Morgan fingerprint density at radius 2 is 1.62 bits per heavy atom. The molecule has 6 rings (SSSR count). The van der Waals surface area contributed by atoms with Gasteiger partial charge in [-0.1, -0.05) is 12.1 Å². The molecule has 48 heavy (non-hydrogen) atoms. The van der Waals surface area contributed by atoms with Crippen LogP contribution in [0.15, 0.2) is 47.7 Å². The van der Waals surface area contributed by atoms with Crippen LogP contribution in [0.3, 0.4) is 0 Å². The summed E-state index contributed by atoms with van der Waals surface area (Å²) in [4.78, 5) is 37.5. The van der Waals surface area contributed by atoms with Crippen LogP contribution in [0.1, 0.15) is 36.1 Å². The maximum absolute atomic E-state index is 13.9. The van der Waals surface area contributed by atoms with E-state index < -0.39 is 34.6 Å². The fraction of sp³-hybridized carbons (Fsp3) is 0.467. The number of likely N-dealkylation sites (tertiary alicyclic amines) is 1. The van der Waals surface area contributed by atoms with Gasteiger partial charge in [0.05, 0.1) is 69.2 Å². The third-order valence-corrected chi connectivity index (χ3v) is 8.55. The number of aromatic nitrogens is 6. The van der Waals surface area contributed by atoms with Gasteiger partial charge in [-0.2, -0.15) is 36.5 Å². The van der Waals surface area contributed by atoms with Gasteiger partial charge in [-0.05, 0) is 30.5 Å². The van der Waals surface area contributed by atoms with Crippen molar-refractivity contribution in [3.05, 3.63) is 70.0 Å². The van der Waals surface area contributed by atoms with E-state index in [1.165, 1.54) is 7.11 Å². The second kappa shape index (κ2) is 13.0. The average molecular weight is 681 g/mol. The molecule has 1 amide bonds. The van der Waals surface area contributed by atoms with E-state index >= 15 is 0 Å². The molecule has 12 nitrogen and oxygen atoms in total. The molecule has 4 aromatic rings. The highest BCUT2D eigenvalue weighted by Crippen LogP contribution is 2.35. The lowest BCUT2D eigenvalue weighted by atomic mass is 10.1. The maximum atomic E-state index is 13.9. The number of rotatable bonds is 10. The molecule has 18 heteroatoms. The predicted octanol–water partition coefficient (Wildman–Crippen LogP) is 3.76. The van der Waals surface area contributed by atoms with E-state index in [9.17, 15) is 35.9 Å². The molecule has 0 bridgehead atoms. The lowest BCUT2D eigenvalue weighted by molar-refractivity contribution is -0.140. The standard InChI is InChI=1S/C30H30F6N8O4/c1-47-20-4-2-18(3-5-20)17-44-27(46)25-23(16-39-44)43(40-26(25)30(34,35)36)11-13-48-12-8-24(45)41-9-6-22-21(41)7-10-42(22)28-37-14-19(15-38-28)29(31,32)33/h2-5,14-16,21-22H,6-13,17H2,1H3/t21-,22-/m0/s1. The predicted molar refractivity (Wildman–Crippen MR) is 157 cm³/mol. The van der Waals surface area contributed by atoms with Crippen LogP contribution in [0.5, 0.6) is 5.75 Å². The number of benzene rings is 1. The molecule has 0 spiro atoms. The number of hydrogen-bond acceptors (Lipinski definition) is 9. The number of amides is 1. The molecule has 5 heterocycles. The van der Waals surface area contributed by atoms with Crippen molar-refractivity contribution < 1.29 is 40.6 Å². The molecule has 256 valence electrons. The van der Waals surface area contributed by atoms with Crippen LogP contribution in [0.25, 0.3) is 10.9 Å². The Labute approximate surface area is 268 Å². The van der Waals surface area contributed by atoms with Crippen LogP contribution in [0, 0.1) is 0 Å². The molecule has 0 N–H and O–H groups in total. The van der Waals surface area contributed by atoms with Crippen molar-refractivity contribution in [2.75, 3.05) is 38.3 Å². The zero-order valence-corrected chi connectivity index (χ0v) is 25.5. The topological polar surface area (TPSA) is 120 Å².